The molecule has 1 rings (SSSR count). The highest BCUT2D eigenvalue weighted by Gasteiger charge is 2.37. The molecule has 0 bridgehead atoms. The Morgan fingerprint density at radius 3 is 1.50 bits per heavy atom. The fourth-order valence-electron chi connectivity index (χ4n) is 2.05. The summed E-state index contributed by atoms with van der Waals surface area (Å²) in [5.41, 5.74) is -0.290. The van der Waals surface area contributed by atoms with E-state index in [0.717, 1.165) is 0 Å². The minimum absolute atomic E-state index is 0.159. The van der Waals surface area contributed by atoms with Gasteiger partial charge < -0.3 is 0 Å². The van der Waals surface area contributed by atoms with E-state index in [2.05, 4.69) is 6.07 Å². The average Bonchev–Trinajstić information content (AvgIpc) is 2.13. The largest absolute Gasteiger partial charge is 0.283 e. The van der Waals surface area contributed by atoms with Gasteiger partial charge >= 0.3 is 0 Å². The second-order valence-corrected chi connectivity index (χ2v) is 5.21. The zero-order valence-corrected chi connectivity index (χ0v) is 11.0. The Morgan fingerprint density at radius 1 is 0.944 bits per heavy atom. The van der Waals surface area contributed by atoms with E-state index in [1.807, 2.05) is 0 Å². The van der Waals surface area contributed by atoms with Crippen molar-refractivity contribution in [2.24, 2.45) is 0 Å². The molecule has 6 nitrogen and oxygen atoms in total. The summed E-state index contributed by atoms with van der Waals surface area (Å²) >= 11 is 0. The molecule has 1 radical (unpaired) electrons. The van der Waals surface area contributed by atoms with Crippen LogP contribution in [0.25, 0.3) is 0 Å². The molecule has 0 aliphatic rings. The van der Waals surface area contributed by atoms with E-state index < -0.39 is 15.3 Å². The van der Waals surface area contributed by atoms with Crippen molar-refractivity contribution in [2.45, 2.75) is 40.0 Å². The maximum atomic E-state index is 11.1. The molecule has 1 aromatic carbocycles. The summed E-state index contributed by atoms with van der Waals surface area (Å²) < 4.78 is 0. The van der Waals surface area contributed by atoms with E-state index in [0.29, 0.717) is 11.1 Å². The molecule has 0 aliphatic carbocycles. The predicted octanol–water partition coefficient (Wildman–Crippen LogP) is 3.22. The summed E-state index contributed by atoms with van der Waals surface area (Å²) in [4.78, 5) is 21.1. The quantitative estimate of drug-likeness (QED) is 0.596. The van der Waals surface area contributed by atoms with Crippen molar-refractivity contribution in [1.82, 2.24) is 0 Å². The van der Waals surface area contributed by atoms with Crippen LogP contribution < -0.4 is 0 Å². The molecule has 6 heteroatoms. The third kappa shape index (κ3) is 2.32. The second kappa shape index (κ2) is 4.36. The zero-order valence-electron chi connectivity index (χ0n) is 11.0. The number of hydrogen-bond donors (Lipinski definition) is 0. The van der Waals surface area contributed by atoms with Gasteiger partial charge in [-0.25, -0.2) is 0 Å². The molecule has 97 valence electrons. The molecule has 0 saturated carbocycles. The average molecular weight is 251 g/mol. The van der Waals surface area contributed by atoms with Gasteiger partial charge in [0, 0.05) is 22.6 Å². The van der Waals surface area contributed by atoms with Crippen molar-refractivity contribution in [1.29, 1.82) is 0 Å². The molecule has 0 heterocycles. The van der Waals surface area contributed by atoms with Gasteiger partial charge in [0.25, 0.3) is 11.4 Å². The Morgan fingerprint density at radius 2 is 1.28 bits per heavy atom. The van der Waals surface area contributed by atoms with Crippen molar-refractivity contribution in [3.05, 3.63) is 43.0 Å². The maximum absolute atomic E-state index is 11.1. The number of benzene rings is 1. The van der Waals surface area contributed by atoms with Crippen LogP contribution in [0, 0.1) is 40.1 Å². The van der Waals surface area contributed by atoms with Crippen LogP contribution in [0.1, 0.15) is 37.5 Å². The molecule has 0 N–H and O–H groups in total. The molecule has 18 heavy (non-hydrogen) atoms. The van der Waals surface area contributed by atoms with E-state index in [1.165, 1.54) is 0 Å². The fraction of sp³-hybridized carbons (Fsp3) is 0.500. The Bertz CT molecular complexity index is 492. The topological polar surface area (TPSA) is 86.3 Å². The van der Waals surface area contributed by atoms with Gasteiger partial charge in [0.2, 0.25) is 0 Å². The van der Waals surface area contributed by atoms with Gasteiger partial charge in [-0.2, -0.15) is 0 Å². The standard InChI is InChI=1S/C12H15N2O4/c1-7-6-8(2)11(14(17)18)9(12(3,4)5)10(7)13(15)16/h1-5H3. The van der Waals surface area contributed by atoms with Gasteiger partial charge in [-0.3, -0.25) is 20.2 Å². The smallest absolute Gasteiger partial charge is 0.258 e. The number of aryl methyl sites for hydroxylation is 2. The van der Waals surface area contributed by atoms with Gasteiger partial charge in [-0.05, 0) is 13.8 Å². The summed E-state index contributed by atoms with van der Waals surface area (Å²) in [7, 11) is 0. The first-order chi connectivity index (χ1) is 8.07. The van der Waals surface area contributed by atoms with E-state index in [1.54, 1.807) is 34.6 Å². The normalized spacial score (nSPS) is 11.4. The molecule has 0 amide bonds. The molecule has 1 aromatic rings. The highest BCUT2D eigenvalue weighted by atomic mass is 16.6. The van der Waals surface area contributed by atoms with Gasteiger partial charge in [-0.15, -0.1) is 0 Å². The molecule has 0 spiro atoms. The predicted molar refractivity (Wildman–Crippen MR) is 66.8 cm³/mol. The fourth-order valence-corrected chi connectivity index (χ4v) is 2.05. The van der Waals surface area contributed by atoms with Crippen molar-refractivity contribution >= 4 is 11.4 Å². The van der Waals surface area contributed by atoms with E-state index in [-0.39, 0.29) is 16.9 Å². The molecule has 0 atom stereocenters. The molecule has 0 unspecified atom stereocenters. The van der Waals surface area contributed by atoms with Crippen LogP contribution in [0.4, 0.5) is 11.4 Å². The first-order valence-corrected chi connectivity index (χ1v) is 5.43. The Hall–Kier alpha value is -1.98. The van der Waals surface area contributed by atoms with Crippen LogP contribution in [0.3, 0.4) is 0 Å². The summed E-state index contributed by atoms with van der Waals surface area (Å²) in [5.74, 6) is 0. The van der Waals surface area contributed by atoms with Crippen molar-refractivity contribution in [3.8, 4) is 0 Å². The molecular weight excluding hydrogens is 236 g/mol. The number of hydrogen-bond acceptors (Lipinski definition) is 4. The lowest BCUT2D eigenvalue weighted by atomic mass is 9.82. The molecular formula is C12H15N2O4. The molecule has 0 aliphatic heterocycles. The Balaban J connectivity index is 3.89. The monoisotopic (exact) mass is 251 g/mol. The summed E-state index contributed by atoms with van der Waals surface area (Å²) in [5, 5.41) is 22.3. The van der Waals surface area contributed by atoms with Gasteiger partial charge in [0.1, 0.15) is 5.56 Å². The summed E-state index contributed by atoms with van der Waals surface area (Å²) in [6.45, 7) is 8.26. The zero-order chi connectivity index (χ0) is 14.2. The van der Waals surface area contributed by atoms with Gasteiger partial charge in [0.15, 0.2) is 0 Å². The summed E-state index contributed by atoms with van der Waals surface area (Å²) in [6, 6.07) is 2.70. The number of nitrogens with zero attached hydrogens (tertiary/aromatic N) is 2. The Labute approximate surface area is 105 Å². The minimum atomic E-state index is -0.685. The number of nitro groups is 2. The van der Waals surface area contributed by atoms with Gasteiger partial charge in [0.05, 0.1) is 9.85 Å². The number of rotatable bonds is 2. The highest BCUT2D eigenvalue weighted by molar-refractivity contribution is 5.64. The van der Waals surface area contributed by atoms with Crippen molar-refractivity contribution < 1.29 is 9.85 Å². The van der Waals surface area contributed by atoms with Crippen molar-refractivity contribution in [2.75, 3.05) is 0 Å². The van der Waals surface area contributed by atoms with E-state index >= 15 is 0 Å². The van der Waals surface area contributed by atoms with Crippen molar-refractivity contribution in [3.63, 3.8) is 0 Å². The molecule has 0 aromatic heterocycles. The van der Waals surface area contributed by atoms with Gasteiger partial charge in [-0.1, -0.05) is 20.8 Å². The molecule has 0 saturated heterocycles. The van der Waals surface area contributed by atoms with Crippen LogP contribution in [0.2, 0.25) is 0 Å². The minimum Gasteiger partial charge on any atom is -0.258 e. The van der Waals surface area contributed by atoms with Crippen LogP contribution in [0.15, 0.2) is 0 Å². The first kappa shape index (κ1) is 14.1. The van der Waals surface area contributed by atoms with Crippen LogP contribution >= 0.6 is 0 Å². The SMILES string of the molecule is Cc1[c]c(C)c([N+](=O)[O-])c(C(C)(C)C)c1[N+](=O)[O-]. The first-order valence-electron chi connectivity index (χ1n) is 5.43. The lowest BCUT2D eigenvalue weighted by molar-refractivity contribution is -0.397. The third-order valence-electron chi connectivity index (χ3n) is 2.67. The van der Waals surface area contributed by atoms with E-state index in [9.17, 15) is 20.2 Å². The van der Waals surface area contributed by atoms with Crippen LogP contribution in [-0.4, -0.2) is 9.85 Å². The lowest BCUT2D eigenvalue weighted by Gasteiger charge is -2.20. The summed E-state index contributed by atoms with van der Waals surface area (Å²) in [6.07, 6.45) is 0. The third-order valence-corrected chi connectivity index (χ3v) is 2.67. The van der Waals surface area contributed by atoms with Crippen LogP contribution in [-0.2, 0) is 5.41 Å². The highest BCUT2D eigenvalue weighted by Crippen LogP contribution is 2.41. The van der Waals surface area contributed by atoms with Crippen LogP contribution in [0.5, 0.6) is 0 Å². The lowest BCUT2D eigenvalue weighted by Crippen LogP contribution is -2.18. The molecule has 0 fully saturated rings. The Kier molecular flexibility index (Phi) is 3.41. The number of nitro benzene ring substituents is 2. The second-order valence-electron chi connectivity index (χ2n) is 5.21. The van der Waals surface area contributed by atoms with E-state index in [4.69, 9.17) is 0 Å². The maximum Gasteiger partial charge on any atom is 0.283 e.